The molecule has 0 atom stereocenters. The van der Waals surface area contributed by atoms with Crippen LogP contribution in [0.25, 0.3) is 0 Å². The molecule has 0 radical (unpaired) electrons. The maximum absolute atomic E-state index is 11.7. The van der Waals surface area contributed by atoms with Crippen LogP contribution in [0, 0.1) is 5.92 Å². The van der Waals surface area contributed by atoms with Gasteiger partial charge in [-0.2, -0.15) is 0 Å². The zero-order chi connectivity index (χ0) is 12.1. The monoisotopic (exact) mass is 234 g/mol. The quantitative estimate of drug-likeness (QED) is 0.817. The van der Waals surface area contributed by atoms with E-state index < -0.39 is 0 Å². The Morgan fingerprint density at radius 2 is 2.06 bits per heavy atom. The number of carbonyl (C=O) groups excluding carboxylic acids is 1. The third-order valence-electron chi connectivity index (χ3n) is 3.26. The van der Waals surface area contributed by atoms with E-state index in [-0.39, 0.29) is 11.7 Å². The van der Waals surface area contributed by atoms with Crippen molar-refractivity contribution in [1.29, 1.82) is 0 Å². The number of benzene rings is 1. The molecule has 17 heavy (non-hydrogen) atoms. The first-order valence-corrected chi connectivity index (χ1v) is 6.22. The van der Waals surface area contributed by atoms with Gasteiger partial charge in [0.25, 0.3) is 0 Å². The predicted octanol–water partition coefficient (Wildman–Crippen LogP) is 3.13. The Bertz CT molecular complexity index is 381. The Labute approximate surface area is 101 Å². The smallest absolute Gasteiger partial charge is 0.338 e. The van der Waals surface area contributed by atoms with Crippen molar-refractivity contribution < 1.29 is 14.6 Å². The molecule has 0 unspecified atom stereocenters. The molecule has 1 N–H and O–H groups in total. The van der Waals surface area contributed by atoms with E-state index in [1.165, 1.54) is 31.4 Å². The van der Waals surface area contributed by atoms with Gasteiger partial charge >= 0.3 is 5.97 Å². The third kappa shape index (κ3) is 3.48. The summed E-state index contributed by atoms with van der Waals surface area (Å²) in [5.74, 6) is 0.272. The zero-order valence-corrected chi connectivity index (χ0v) is 9.89. The summed E-state index contributed by atoms with van der Waals surface area (Å²) < 4.78 is 5.27. The van der Waals surface area contributed by atoms with E-state index in [9.17, 15) is 9.90 Å². The van der Waals surface area contributed by atoms with Crippen LogP contribution in [0.2, 0.25) is 0 Å². The molecule has 3 nitrogen and oxygen atoms in total. The van der Waals surface area contributed by atoms with Crippen LogP contribution in [0.4, 0.5) is 0 Å². The zero-order valence-electron chi connectivity index (χ0n) is 9.89. The van der Waals surface area contributed by atoms with Gasteiger partial charge in [0.1, 0.15) is 5.75 Å². The molecule has 0 spiro atoms. The normalized spacial score (nSPS) is 16.7. The predicted molar refractivity (Wildman–Crippen MR) is 65.0 cm³/mol. The summed E-state index contributed by atoms with van der Waals surface area (Å²) in [6, 6.07) is 6.27. The molecule has 0 aliphatic heterocycles. The number of phenolic OH excluding ortho intramolecular Hbond substituents is 1. The number of carbonyl (C=O) groups is 1. The Kier molecular flexibility index (Phi) is 4.02. The van der Waals surface area contributed by atoms with Crippen LogP contribution >= 0.6 is 0 Å². The van der Waals surface area contributed by atoms with Crippen LogP contribution in [0.1, 0.15) is 42.5 Å². The first-order valence-electron chi connectivity index (χ1n) is 6.22. The molecule has 1 fully saturated rings. The molecular formula is C14H18O3. The van der Waals surface area contributed by atoms with Crippen LogP contribution in [-0.2, 0) is 4.74 Å². The minimum Gasteiger partial charge on any atom is -0.508 e. The van der Waals surface area contributed by atoms with E-state index in [1.54, 1.807) is 12.1 Å². The minimum atomic E-state index is -0.341. The fourth-order valence-electron chi connectivity index (χ4n) is 2.26. The average Bonchev–Trinajstić information content (AvgIpc) is 2.37. The summed E-state index contributed by atoms with van der Waals surface area (Å²) in [6.07, 6.45) is 6.11. The second-order valence-corrected chi connectivity index (χ2v) is 4.65. The van der Waals surface area contributed by atoms with Crippen molar-refractivity contribution in [3.8, 4) is 5.75 Å². The Morgan fingerprint density at radius 1 is 1.29 bits per heavy atom. The molecule has 1 aliphatic carbocycles. The van der Waals surface area contributed by atoms with Gasteiger partial charge in [-0.25, -0.2) is 4.79 Å². The minimum absolute atomic E-state index is 0.0946. The molecule has 0 heterocycles. The Morgan fingerprint density at radius 3 is 2.76 bits per heavy atom. The third-order valence-corrected chi connectivity index (χ3v) is 3.26. The molecule has 1 saturated carbocycles. The molecule has 92 valence electrons. The number of aromatic hydroxyl groups is 1. The fourth-order valence-corrected chi connectivity index (χ4v) is 2.26. The summed E-state index contributed by atoms with van der Waals surface area (Å²) in [7, 11) is 0. The van der Waals surface area contributed by atoms with Gasteiger partial charge in [-0.15, -0.1) is 0 Å². The van der Waals surface area contributed by atoms with Crippen molar-refractivity contribution >= 4 is 5.97 Å². The maximum atomic E-state index is 11.7. The van der Waals surface area contributed by atoms with Gasteiger partial charge in [0.2, 0.25) is 0 Å². The first kappa shape index (κ1) is 12.0. The van der Waals surface area contributed by atoms with E-state index in [0.29, 0.717) is 18.1 Å². The molecule has 1 aromatic rings. The second kappa shape index (κ2) is 5.71. The van der Waals surface area contributed by atoms with Crippen molar-refractivity contribution in [1.82, 2.24) is 0 Å². The number of esters is 1. The van der Waals surface area contributed by atoms with Crippen molar-refractivity contribution in [2.75, 3.05) is 6.61 Å². The largest absolute Gasteiger partial charge is 0.508 e. The van der Waals surface area contributed by atoms with Gasteiger partial charge in [-0.05, 0) is 37.0 Å². The molecule has 3 heteroatoms. The highest BCUT2D eigenvalue weighted by molar-refractivity contribution is 5.89. The van der Waals surface area contributed by atoms with Gasteiger partial charge in [-0.3, -0.25) is 0 Å². The van der Waals surface area contributed by atoms with Crippen LogP contribution < -0.4 is 0 Å². The van der Waals surface area contributed by atoms with Gasteiger partial charge in [0, 0.05) is 0 Å². The van der Waals surface area contributed by atoms with Gasteiger partial charge in [0.15, 0.2) is 0 Å². The SMILES string of the molecule is O=C(OCC1CCCCC1)c1cccc(O)c1. The standard InChI is InChI=1S/C14H18O3/c15-13-8-4-7-12(9-13)14(16)17-10-11-5-2-1-3-6-11/h4,7-9,11,15H,1-3,5-6,10H2. The summed E-state index contributed by atoms with van der Waals surface area (Å²) in [5.41, 5.74) is 0.417. The lowest BCUT2D eigenvalue weighted by atomic mass is 9.90. The first-order chi connectivity index (χ1) is 8.25. The molecule has 0 bridgehead atoms. The number of phenols is 1. The summed E-state index contributed by atoms with van der Waals surface area (Å²) in [5, 5.41) is 9.27. The van der Waals surface area contributed by atoms with Crippen LogP contribution in [0.3, 0.4) is 0 Å². The van der Waals surface area contributed by atoms with Crippen molar-refractivity contribution in [3.05, 3.63) is 29.8 Å². The summed E-state index contributed by atoms with van der Waals surface area (Å²) in [6.45, 7) is 0.508. The van der Waals surface area contributed by atoms with Crippen LogP contribution in [0.5, 0.6) is 5.75 Å². The van der Waals surface area contributed by atoms with Crippen LogP contribution in [-0.4, -0.2) is 17.7 Å². The summed E-state index contributed by atoms with van der Waals surface area (Å²) in [4.78, 5) is 11.7. The fraction of sp³-hybridized carbons (Fsp3) is 0.500. The molecular weight excluding hydrogens is 216 g/mol. The van der Waals surface area contributed by atoms with E-state index in [4.69, 9.17) is 4.74 Å². The van der Waals surface area contributed by atoms with Gasteiger partial charge in [0.05, 0.1) is 12.2 Å². The van der Waals surface area contributed by atoms with E-state index >= 15 is 0 Å². The Balaban J connectivity index is 1.84. The van der Waals surface area contributed by atoms with E-state index in [1.807, 2.05) is 0 Å². The van der Waals surface area contributed by atoms with Gasteiger partial charge in [-0.1, -0.05) is 25.3 Å². The van der Waals surface area contributed by atoms with Crippen molar-refractivity contribution in [2.45, 2.75) is 32.1 Å². The van der Waals surface area contributed by atoms with Crippen molar-refractivity contribution in [3.63, 3.8) is 0 Å². The highest BCUT2D eigenvalue weighted by Crippen LogP contribution is 2.24. The molecule has 2 rings (SSSR count). The number of rotatable bonds is 3. The molecule has 0 amide bonds. The lowest BCUT2D eigenvalue weighted by Gasteiger charge is -2.21. The van der Waals surface area contributed by atoms with Crippen molar-refractivity contribution in [2.24, 2.45) is 5.92 Å². The summed E-state index contributed by atoms with van der Waals surface area (Å²) >= 11 is 0. The second-order valence-electron chi connectivity index (χ2n) is 4.65. The number of ether oxygens (including phenoxy) is 1. The van der Waals surface area contributed by atoms with Crippen LogP contribution in [0.15, 0.2) is 24.3 Å². The number of hydrogen-bond donors (Lipinski definition) is 1. The topological polar surface area (TPSA) is 46.5 Å². The lowest BCUT2D eigenvalue weighted by molar-refractivity contribution is 0.0410. The highest BCUT2D eigenvalue weighted by atomic mass is 16.5. The average molecular weight is 234 g/mol. The molecule has 1 aromatic carbocycles. The lowest BCUT2D eigenvalue weighted by Crippen LogP contribution is -2.16. The van der Waals surface area contributed by atoms with E-state index in [0.717, 1.165) is 12.8 Å². The number of hydrogen-bond acceptors (Lipinski definition) is 3. The van der Waals surface area contributed by atoms with Gasteiger partial charge < -0.3 is 9.84 Å². The maximum Gasteiger partial charge on any atom is 0.338 e. The molecule has 0 saturated heterocycles. The molecule has 0 aromatic heterocycles. The Hall–Kier alpha value is -1.51. The molecule has 1 aliphatic rings. The highest BCUT2D eigenvalue weighted by Gasteiger charge is 2.16. The van der Waals surface area contributed by atoms with E-state index in [2.05, 4.69) is 0 Å².